The van der Waals surface area contributed by atoms with Crippen LogP contribution >= 0.6 is 0 Å². The summed E-state index contributed by atoms with van der Waals surface area (Å²) in [6.45, 7) is 0.0825. The molecule has 0 spiro atoms. The first-order valence-electron chi connectivity index (χ1n) is 8.54. The molecule has 0 radical (unpaired) electrons. The molecule has 2 heterocycles. The summed E-state index contributed by atoms with van der Waals surface area (Å²) in [5, 5.41) is 16.9. The summed E-state index contributed by atoms with van der Waals surface area (Å²) < 4.78 is 12.7. The molecule has 2 aromatic rings. The third-order valence-electron chi connectivity index (χ3n) is 4.49. The lowest BCUT2D eigenvalue weighted by Crippen LogP contribution is -2.52. The van der Waals surface area contributed by atoms with Crippen molar-refractivity contribution in [1.82, 2.24) is 10.3 Å². The van der Waals surface area contributed by atoms with Gasteiger partial charge in [0.05, 0.1) is 12.1 Å². The summed E-state index contributed by atoms with van der Waals surface area (Å²) in [4.78, 5) is 44.8. The molecule has 28 heavy (non-hydrogen) atoms. The van der Waals surface area contributed by atoms with E-state index < -0.39 is 42.4 Å². The molecule has 2 atom stereocenters. The number of aromatic nitrogens is 1. The summed E-state index contributed by atoms with van der Waals surface area (Å²) >= 11 is 0. The highest BCUT2D eigenvalue weighted by Crippen LogP contribution is 2.29. The number of carboxylic acids is 1. The van der Waals surface area contributed by atoms with Crippen molar-refractivity contribution >= 4 is 34.1 Å². The van der Waals surface area contributed by atoms with Gasteiger partial charge in [0.25, 0.3) is 5.91 Å². The Hall–Kier alpha value is -3.36. The third-order valence-corrected chi connectivity index (χ3v) is 4.49. The lowest BCUT2D eigenvalue weighted by Gasteiger charge is -2.23. The molecular weight excluding hydrogens is 369 g/mol. The second-order valence-corrected chi connectivity index (χ2v) is 6.64. The Morgan fingerprint density at radius 1 is 1.32 bits per heavy atom. The molecule has 0 bridgehead atoms. The lowest BCUT2D eigenvalue weighted by atomic mass is 9.94. The van der Waals surface area contributed by atoms with E-state index in [0.29, 0.717) is 11.4 Å². The van der Waals surface area contributed by atoms with Crippen LogP contribution in [0.1, 0.15) is 25.5 Å². The summed E-state index contributed by atoms with van der Waals surface area (Å²) in [7, 11) is 0. The Balaban J connectivity index is 1.79. The quantitative estimate of drug-likeness (QED) is 0.745. The van der Waals surface area contributed by atoms with Crippen molar-refractivity contribution in [3.05, 3.63) is 42.2 Å². The van der Waals surface area contributed by atoms with Gasteiger partial charge in [0.1, 0.15) is 18.4 Å². The zero-order valence-corrected chi connectivity index (χ0v) is 15.0. The van der Waals surface area contributed by atoms with Crippen LogP contribution in [0.15, 0.2) is 41.7 Å². The Bertz CT molecular complexity index is 972. The number of alkyl halides is 1. The van der Waals surface area contributed by atoms with Crippen LogP contribution in [0.5, 0.6) is 0 Å². The van der Waals surface area contributed by atoms with Gasteiger partial charge in [-0.1, -0.05) is 29.4 Å². The van der Waals surface area contributed by atoms with E-state index in [1.807, 2.05) is 30.3 Å². The van der Waals surface area contributed by atoms with Gasteiger partial charge in [0, 0.05) is 18.0 Å². The fourth-order valence-electron chi connectivity index (χ4n) is 2.96. The number of ketones is 1. The molecule has 8 nitrogen and oxygen atoms in total. The van der Waals surface area contributed by atoms with E-state index in [0.717, 1.165) is 10.8 Å². The number of benzene rings is 1. The molecular formula is C19H18FN3O5. The second kappa shape index (κ2) is 7.71. The molecule has 1 unspecified atom stereocenters. The Labute approximate surface area is 159 Å². The average molecular weight is 387 g/mol. The minimum absolute atomic E-state index is 0.0590. The minimum atomic E-state index is -1.48. The van der Waals surface area contributed by atoms with Crippen LogP contribution in [0.2, 0.25) is 0 Å². The van der Waals surface area contributed by atoms with Crippen LogP contribution < -0.4 is 5.32 Å². The zero-order chi connectivity index (χ0) is 20.3. The highest BCUT2D eigenvalue weighted by molar-refractivity contribution is 6.12. The van der Waals surface area contributed by atoms with Gasteiger partial charge in [-0.25, -0.2) is 4.39 Å². The van der Waals surface area contributed by atoms with E-state index >= 15 is 0 Å². The number of Topliss-reactive ketones (excluding diaryl/α,β-unsaturated/α-hetero) is 1. The van der Waals surface area contributed by atoms with E-state index in [9.17, 15) is 18.8 Å². The third kappa shape index (κ3) is 3.83. The predicted molar refractivity (Wildman–Crippen MR) is 97.6 cm³/mol. The molecule has 1 aromatic heterocycles. The number of fused-ring (bicyclic) bond motifs is 1. The first-order chi connectivity index (χ1) is 13.3. The molecule has 3 rings (SSSR count). The van der Waals surface area contributed by atoms with E-state index in [2.05, 4.69) is 15.5 Å². The molecule has 0 saturated carbocycles. The number of rotatable bonds is 7. The van der Waals surface area contributed by atoms with Gasteiger partial charge < -0.3 is 15.3 Å². The normalized spacial score (nSPS) is 19.6. The maximum atomic E-state index is 12.7. The average Bonchev–Trinajstić information content (AvgIpc) is 3.09. The van der Waals surface area contributed by atoms with E-state index in [-0.39, 0.29) is 6.42 Å². The molecule has 2 N–H and O–H groups in total. The van der Waals surface area contributed by atoms with Crippen molar-refractivity contribution in [2.75, 3.05) is 6.67 Å². The number of carbonyl (C=O) groups is 3. The summed E-state index contributed by atoms with van der Waals surface area (Å²) in [6, 6.07) is 7.91. The van der Waals surface area contributed by atoms with Crippen molar-refractivity contribution in [3.63, 3.8) is 0 Å². The molecule has 1 amide bonds. The Morgan fingerprint density at radius 3 is 2.79 bits per heavy atom. The molecule has 1 aliphatic heterocycles. The van der Waals surface area contributed by atoms with Crippen LogP contribution in [-0.4, -0.2) is 51.8 Å². The van der Waals surface area contributed by atoms with Crippen molar-refractivity contribution in [3.8, 4) is 0 Å². The summed E-state index contributed by atoms with van der Waals surface area (Å²) in [5.41, 5.74) is -0.459. The molecule has 0 fully saturated rings. The maximum Gasteiger partial charge on any atom is 0.305 e. The second-order valence-electron chi connectivity index (χ2n) is 6.64. The van der Waals surface area contributed by atoms with Gasteiger partial charge in [-0.3, -0.25) is 19.4 Å². The van der Waals surface area contributed by atoms with Gasteiger partial charge in [-0.2, -0.15) is 0 Å². The highest BCUT2D eigenvalue weighted by atomic mass is 19.1. The molecule has 0 saturated heterocycles. The largest absolute Gasteiger partial charge is 0.481 e. The lowest BCUT2D eigenvalue weighted by molar-refractivity contribution is -0.146. The Kier molecular flexibility index (Phi) is 5.34. The number of oxime groups is 1. The van der Waals surface area contributed by atoms with E-state index in [4.69, 9.17) is 9.94 Å². The smallest absolute Gasteiger partial charge is 0.305 e. The molecule has 1 aromatic carbocycles. The summed E-state index contributed by atoms with van der Waals surface area (Å²) in [5.74, 6) is -3.10. The fraction of sp³-hybridized carbons (Fsp3) is 0.316. The van der Waals surface area contributed by atoms with E-state index in [1.54, 1.807) is 6.20 Å². The van der Waals surface area contributed by atoms with Gasteiger partial charge in [0.2, 0.25) is 5.60 Å². The zero-order valence-electron chi connectivity index (χ0n) is 15.0. The van der Waals surface area contributed by atoms with Crippen LogP contribution in [-0.2, 0) is 19.2 Å². The van der Waals surface area contributed by atoms with Gasteiger partial charge in [-0.05, 0) is 18.4 Å². The fourth-order valence-corrected chi connectivity index (χ4v) is 2.96. The van der Waals surface area contributed by atoms with Crippen molar-refractivity contribution in [2.24, 2.45) is 5.16 Å². The maximum absolute atomic E-state index is 12.7. The number of nitrogens with zero attached hydrogens (tertiary/aromatic N) is 2. The number of nitrogens with one attached hydrogen (secondary N) is 1. The number of pyridine rings is 1. The van der Waals surface area contributed by atoms with Crippen LogP contribution in [0, 0.1) is 0 Å². The monoisotopic (exact) mass is 387 g/mol. The molecule has 0 aliphatic carbocycles. The first kappa shape index (κ1) is 19.4. The summed E-state index contributed by atoms with van der Waals surface area (Å²) in [6.07, 6.45) is 0.964. The number of carboxylic acid groups (broad SMARTS) is 1. The molecule has 9 heteroatoms. The Morgan fingerprint density at radius 2 is 2.07 bits per heavy atom. The van der Waals surface area contributed by atoms with Gasteiger partial charge in [-0.15, -0.1) is 0 Å². The van der Waals surface area contributed by atoms with Crippen molar-refractivity contribution < 1.29 is 28.7 Å². The SMILES string of the molecule is CC1(C(=O)N[C@H](CC(=O)O)C(=O)CF)CC(c2nccc3ccccc23)=NO1. The molecule has 146 valence electrons. The van der Waals surface area contributed by atoms with E-state index in [1.165, 1.54) is 6.92 Å². The van der Waals surface area contributed by atoms with Crippen molar-refractivity contribution in [1.29, 1.82) is 0 Å². The first-order valence-corrected chi connectivity index (χ1v) is 8.54. The number of halogens is 1. The number of carbonyl (C=O) groups excluding carboxylic acids is 2. The van der Waals surface area contributed by atoms with Crippen LogP contribution in [0.4, 0.5) is 4.39 Å². The topological polar surface area (TPSA) is 118 Å². The number of aliphatic carboxylic acids is 1. The number of hydrogen-bond acceptors (Lipinski definition) is 6. The standard InChI is InChI=1S/C19H18FN3O5/c1-19(18(27)22-13(8-16(25)26)15(24)10-20)9-14(23-28-19)17-12-5-3-2-4-11(12)6-7-21-17/h2-7,13H,8-10H2,1H3,(H,22,27)(H,25,26)/t13-,19?/m1/s1. The number of amides is 1. The van der Waals surface area contributed by atoms with Crippen LogP contribution in [0.25, 0.3) is 10.8 Å². The molecule has 1 aliphatic rings. The van der Waals surface area contributed by atoms with Crippen molar-refractivity contribution in [2.45, 2.75) is 31.4 Å². The number of hydrogen-bond donors (Lipinski definition) is 2. The van der Waals surface area contributed by atoms with Crippen LogP contribution in [0.3, 0.4) is 0 Å². The minimum Gasteiger partial charge on any atom is -0.481 e. The van der Waals surface area contributed by atoms with Gasteiger partial charge in [0.15, 0.2) is 5.78 Å². The predicted octanol–water partition coefficient (Wildman–Crippen LogP) is 1.62. The highest BCUT2D eigenvalue weighted by Gasteiger charge is 2.44. The van der Waals surface area contributed by atoms with Gasteiger partial charge >= 0.3 is 5.97 Å².